The van der Waals surface area contributed by atoms with Gasteiger partial charge in [0.05, 0.1) is 13.2 Å². The molecule has 0 aromatic carbocycles. The minimum Gasteiger partial charge on any atom is -0.450 e. The summed E-state index contributed by atoms with van der Waals surface area (Å²) in [5.74, 6) is 0.516. The number of amides is 1. The third kappa shape index (κ3) is 6.64. The van der Waals surface area contributed by atoms with Crippen LogP contribution < -0.4 is 11.1 Å². The lowest BCUT2D eigenvalue weighted by atomic mass is 10.0. The molecule has 0 spiro atoms. The third-order valence-electron chi connectivity index (χ3n) is 5.36. The largest absolute Gasteiger partial charge is 0.450 e. The van der Waals surface area contributed by atoms with E-state index in [0.29, 0.717) is 31.7 Å². The smallest absolute Gasteiger partial charge is 0.409 e. The van der Waals surface area contributed by atoms with Gasteiger partial charge in [-0.1, -0.05) is 0 Å². The number of aliphatic imine (C=N–C) groups is 1. The maximum Gasteiger partial charge on any atom is 0.409 e. The first-order valence-electron chi connectivity index (χ1n) is 9.86. The van der Waals surface area contributed by atoms with Crippen molar-refractivity contribution in [1.29, 1.82) is 0 Å². The van der Waals surface area contributed by atoms with E-state index in [4.69, 9.17) is 10.5 Å². The average molecular weight is 369 g/mol. The molecule has 2 rings (SSSR count). The molecule has 8 heteroatoms. The molecule has 0 aromatic rings. The zero-order valence-corrected chi connectivity index (χ0v) is 16.6. The van der Waals surface area contributed by atoms with Gasteiger partial charge in [0.1, 0.15) is 0 Å². The molecule has 0 bridgehead atoms. The molecule has 3 N–H and O–H groups in total. The summed E-state index contributed by atoms with van der Waals surface area (Å²) < 4.78 is 5.04. The fourth-order valence-electron chi connectivity index (χ4n) is 3.65. The van der Waals surface area contributed by atoms with Crippen LogP contribution in [0.3, 0.4) is 0 Å². The Morgan fingerprint density at radius 3 is 2.42 bits per heavy atom. The van der Waals surface area contributed by atoms with Crippen LogP contribution in [0, 0.1) is 0 Å². The monoisotopic (exact) mass is 368 g/mol. The molecular formula is C18H36N6O2. The second kappa shape index (κ2) is 10.6. The fraction of sp³-hybridized carbons (Fsp3) is 0.889. The number of hydrogen-bond acceptors (Lipinski definition) is 5. The highest BCUT2D eigenvalue weighted by Gasteiger charge is 2.24. The van der Waals surface area contributed by atoms with Gasteiger partial charge in [0.25, 0.3) is 0 Å². The highest BCUT2D eigenvalue weighted by atomic mass is 16.6. The number of nitrogens with two attached hydrogens (primary N) is 1. The van der Waals surface area contributed by atoms with Gasteiger partial charge in [0.15, 0.2) is 5.96 Å². The normalized spacial score (nSPS) is 21.2. The van der Waals surface area contributed by atoms with Crippen molar-refractivity contribution in [3.63, 3.8) is 0 Å². The number of guanidine groups is 1. The van der Waals surface area contributed by atoms with Crippen molar-refractivity contribution in [3.8, 4) is 0 Å². The molecule has 2 aliphatic heterocycles. The van der Waals surface area contributed by atoms with Crippen LogP contribution in [0.1, 0.15) is 32.6 Å². The second-order valence-electron chi connectivity index (χ2n) is 7.41. The summed E-state index contributed by atoms with van der Waals surface area (Å²) in [5, 5.41) is 3.29. The maximum atomic E-state index is 11.7. The zero-order chi connectivity index (χ0) is 18.9. The van der Waals surface area contributed by atoms with Crippen LogP contribution in [0.15, 0.2) is 4.99 Å². The van der Waals surface area contributed by atoms with E-state index >= 15 is 0 Å². The van der Waals surface area contributed by atoms with Crippen molar-refractivity contribution in [2.75, 3.05) is 60.0 Å². The Bertz CT molecular complexity index is 455. The van der Waals surface area contributed by atoms with Gasteiger partial charge in [-0.2, -0.15) is 0 Å². The number of carbonyl (C=O) groups is 1. The van der Waals surface area contributed by atoms with Gasteiger partial charge < -0.3 is 30.5 Å². The van der Waals surface area contributed by atoms with Gasteiger partial charge >= 0.3 is 6.09 Å². The first kappa shape index (κ1) is 20.8. The van der Waals surface area contributed by atoms with Crippen LogP contribution in [0.25, 0.3) is 0 Å². The van der Waals surface area contributed by atoms with Crippen LogP contribution in [0.5, 0.6) is 0 Å². The maximum absolute atomic E-state index is 11.7. The van der Waals surface area contributed by atoms with Gasteiger partial charge in [-0.25, -0.2) is 4.79 Å². The number of hydrogen-bond donors (Lipinski definition) is 2. The molecule has 2 aliphatic rings. The quantitative estimate of drug-likeness (QED) is 0.526. The van der Waals surface area contributed by atoms with Crippen molar-refractivity contribution in [3.05, 3.63) is 0 Å². The van der Waals surface area contributed by atoms with E-state index in [1.165, 1.54) is 12.8 Å². The van der Waals surface area contributed by atoms with E-state index in [0.717, 1.165) is 39.0 Å². The molecule has 2 fully saturated rings. The molecule has 0 radical (unpaired) electrons. The molecule has 1 amide bonds. The second-order valence-corrected chi connectivity index (χ2v) is 7.41. The molecule has 0 aliphatic carbocycles. The lowest BCUT2D eigenvalue weighted by molar-refractivity contribution is 0.0963. The Morgan fingerprint density at radius 2 is 1.85 bits per heavy atom. The van der Waals surface area contributed by atoms with E-state index in [1.807, 2.05) is 6.92 Å². The summed E-state index contributed by atoms with van der Waals surface area (Å²) in [6, 6.07) is 0.988. The summed E-state index contributed by atoms with van der Waals surface area (Å²) in [4.78, 5) is 22.7. The minimum atomic E-state index is -0.217. The Balaban J connectivity index is 1.61. The lowest BCUT2D eigenvalue weighted by Gasteiger charge is -2.34. The van der Waals surface area contributed by atoms with E-state index in [9.17, 15) is 4.79 Å². The predicted molar refractivity (Wildman–Crippen MR) is 104 cm³/mol. The SMILES string of the molecule is CCOC(=O)N1CCC(NC(N)=NCCN2CCC(N(C)C)CC2)CC1. The van der Waals surface area contributed by atoms with Gasteiger partial charge in [0.2, 0.25) is 0 Å². The Kier molecular flexibility index (Phi) is 8.44. The van der Waals surface area contributed by atoms with Gasteiger partial charge in [-0.15, -0.1) is 0 Å². The van der Waals surface area contributed by atoms with Crippen LogP contribution >= 0.6 is 0 Å². The average Bonchev–Trinajstić information content (AvgIpc) is 2.63. The van der Waals surface area contributed by atoms with E-state index in [2.05, 4.69) is 34.2 Å². The van der Waals surface area contributed by atoms with E-state index in [-0.39, 0.29) is 12.1 Å². The molecule has 26 heavy (non-hydrogen) atoms. The first-order valence-corrected chi connectivity index (χ1v) is 9.86. The molecule has 150 valence electrons. The number of likely N-dealkylation sites (tertiary alicyclic amines) is 2. The summed E-state index contributed by atoms with van der Waals surface area (Å²) >= 11 is 0. The number of rotatable bonds is 6. The lowest BCUT2D eigenvalue weighted by Crippen LogP contribution is -2.48. The molecule has 2 heterocycles. The van der Waals surface area contributed by atoms with Crippen molar-refractivity contribution in [2.24, 2.45) is 10.7 Å². The first-order chi connectivity index (χ1) is 12.5. The van der Waals surface area contributed by atoms with Crippen LogP contribution in [0.2, 0.25) is 0 Å². The number of nitrogens with zero attached hydrogens (tertiary/aromatic N) is 4. The fourth-order valence-corrected chi connectivity index (χ4v) is 3.65. The van der Waals surface area contributed by atoms with E-state index in [1.54, 1.807) is 4.90 Å². The Labute approximate surface area is 157 Å². The molecule has 0 saturated carbocycles. The number of ether oxygens (including phenoxy) is 1. The van der Waals surface area contributed by atoms with Crippen molar-refractivity contribution in [1.82, 2.24) is 20.0 Å². The van der Waals surface area contributed by atoms with Crippen LogP contribution in [-0.2, 0) is 4.74 Å². The van der Waals surface area contributed by atoms with Crippen LogP contribution in [0.4, 0.5) is 4.79 Å². The number of carbonyl (C=O) groups excluding carboxylic acids is 1. The third-order valence-corrected chi connectivity index (χ3v) is 5.36. The van der Waals surface area contributed by atoms with Gasteiger partial charge in [-0.3, -0.25) is 4.99 Å². The predicted octanol–water partition coefficient (Wildman–Crippen LogP) is 0.538. The van der Waals surface area contributed by atoms with Crippen molar-refractivity contribution in [2.45, 2.75) is 44.7 Å². The topological polar surface area (TPSA) is 86.4 Å². The molecular weight excluding hydrogens is 332 g/mol. The van der Waals surface area contributed by atoms with Crippen molar-refractivity contribution < 1.29 is 9.53 Å². The Hall–Kier alpha value is -1.54. The Morgan fingerprint density at radius 1 is 1.19 bits per heavy atom. The summed E-state index contributed by atoms with van der Waals surface area (Å²) in [6.07, 6.45) is 3.97. The molecule has 0 aromatic heterocycles. The standard InChI is InChI=1S/C18H36N6O2/c1-4-26-18(25)24-12-5-15(6-13-24)21-17(19)20-9-14-23-10-7-16(8-11-23)22(2)3/h15-16H,4-14H2,1-3H3,(H3,19,20,21). The highest BCUT2D eigenvalue weighted by Crippen LogP contribution is 2.14. The molecule has 8 nitrogen and oxygen atoms in total. The number of piperidine rings is 2. The zero-order valence-electron chi connectivity index (χ0n) is 16.6. The summed E-state index contributed by atoms with van der Waals surface area (Å²) in [6.45, 7) is 7.61. The molecule has 2 saturated heterocycles. The summed E-state index contributed by atoms with van der Waals surface area (Å²) in [7, 11) is 4.32. The van der Waals surface area contributed by atoms with E-state index < -0.39 is 0 Å². The molecule has 0 unspecified atom stereocenters. The summed E-state index contributed by atoms with van der Waals surface area (Å²) in [5.41, 5.74) is 6.03. The minimum absolute atomic E-state index is 0.217. The molecule has 0 atom stereocenters. The van der Waals surface area contributed by atoms with Crippen LogP contribution in [-0.4, -0.2) is 98.8 Å². The van der Waals surface area contributed by atoms with Gasteiger partial charge in [-0.05, 0) is 59.8 Å². The number of nitrogens with one attached hydrogen (secondary N) is 1. The van der Waals surface area contributed by atoms with Crippen molar-refractivity contribution >= 4 is 12.1 Å². The van der Waals surface area contributed by atoms with Gasteiger partial charge in [0, 0.05) is 31.7 Å². The highest BCUT2D eigenvalue weighted by molar-refractivity contribution is 5.78.